The molecule has 0 aromatic heterocycles. The van der Waals surface area contributed by atoms with Gasteiger partial charge in [0.05, 0.1) is 5.75 Å². The van der Waals surface area contributed by atoms with Gasteiger partial charge in [0.2, 0.25) is 5.91 Å². The molecule has 1 amide bonds. The highest BCUT2D eigenvalue weighted by Gasteiger charge is 2.27. The average Bonchev–Trinajstić information content (AvgIpc) is 2.46. The summed E-state index contributed by atoms with van der Waals surface area (Å²) in [5, 5.41) is 3.73. The fraction of sp³-hybridized carbons (Fsp3) is 0.588. The zero-order valence-corrected chi connectivity index (χ0v) is 13.8. The summed E-state index contributed by atoms with van der Waals surface area (Å²) in [6.07, 6.45) is 5.19. The van der Waals surface area contributed by atoms with Crippen molar-refractivity contribution in [1.82, 2.24) is 0 Å². The Balaban J connectivity index is 2.08. The average molecular weight is 306 g/mol. The van der Waals surface area contributed by atoms with E-state index in [1.165, 1.54) is 37.4 Å². The second-order valence-corrected chi connectivity index (χ2v) is 7.21. The molecule has 1 aliphatic rings. The van der Waals surface area contributed by atoms with E-state index in [1.54, 1.807) is 0 Å². The summed E-state index contributed by atoms with van der Waals surface area (Å²) in [5.74, 6) is 1.49. The lowest BCUT2D eigenvalue weighted by molar-refractivity contribution is -0.115. The van der Waals surface area contributed by atoms with Gasteiger partial charge in [-0.2, -0.15) is 0 Å². The fourth-order valence-electron chi connectivity index (χ4n) is 3.20. The van der Waals surface area contributed by atoms with Crippen molar-refractivity contribution in [3.63, 3.8) is 0 Å². The fourth-order valence-corrected chi connectivity index (χ4v) is 3.95. The van der Waals surface area contributed by atoms with Gasteiger partial charge in [0.15, 0.2) is 0 Å². The predicted molar refractivity (Wildman–Crippen MR) is 90.6 cm³/mol. The Hall–Kier alpha value is -1.16. The second-order valence-electron chi connectivity index (χ2n) is 6.19. The quantitative estimate of drug-likeness (QED) is 0.784. The molecule has 0 bridgehead atoms. The number of benzene rings is 1. The van der Waals surface area contributed by atoms with Gasteiger partial charge in [-0.1, -0.05) is 38.8 Å². The van der Waals surface area contributed by atoms with Crippen LogP contribution >= 0.6 is 11.8 Å². The molecule has 0 saturated heterocycles. The molecule has 1 aromatic rings. The first kappa shape index (κ1) is 16.2. The summed E-state index contributed by atoms with van der Waals surface area (Å²) in [7, 11) is 0. The molecule has 3 nitrogen and oxygen atoms in total. The van der Waals surface area contributed by atoms with Crippen LogP contribution in [-0.4, -0.2) is 17.7 Å². The Bertz CT molecular complexity index is 476. The second kappa shape index (κ2) is 7.74. The SMILES string of the molecule is CC(C)C1CCCCC1Nc1ccccc1SCC(N)=O. The molecule has 2 atom stereocenters. The van der Waals surface area contributed by atoms with Gasteiger partial charge in [0.1, 0.15) is 0 Å². The van der Waals surface area contributed by atoms with Gasteiger partial charge in [0, 0.05) is 16.6 Å². The third-order valence-corrected chi connectivity index (χ3v) is 5.37. The topological polar surface area (TPSA) is 55.1 Å². The number of carbonyl (C=O) groups excluding carboxylic acids is 1. The summed E-state index contributed by atoms with van der Waals surface area (Å²) in [6, 6.07) is 8.76. The maximum Gasteiger partial charge on any atom is 0.227 e. The normalized spacial score (nSPS) is 22.2. The molecule has 0 spiro atoms. The van der Waals surface area contributed by atoms with Crippen LogP contribution < -0.4 is 11.1 Å². The van der Waals surface area contributed by atoms with E-state index in [0.29, 0.717) is 17.7 Å². The van der Waals surface area contributed by atoms with E-state index >= 15 is 0 Å². The number of carbonyl (C=O) groups is 1. The van der Waals surface area contributed by atoms with Crippen molar-refractivity contribution in [1.29, 1.82) is 0 Å². The zero-order chi connectivity index (χ0) is 15.2. The van der Waals surface area contributed by atoms with Crippen molar-refractivity contribution >= 4 is 23.4 Å². The van der Waals surface area contributed by atoms with E-state index in [2.05, 4.69) is 31.3 Å². The van der Waals surface area contributed by atoms with E-state index < -0.39 is 0 Å². The van der Waals surface area contributed by atoms with Crippen LogP contribution in [-0.2, 0) is 4.79 Å². The Kier molecular flexibility index (Phi) is 5.97. The third kappa shape index (κ3) is 4.67. The Labute approximate surface area is 132 Å². The highest BCUT2D eigenvalue weighted by atomic mass is 32.2. The molecule has 0 radical (unpaired) electrons. The zero-order valence-electron chi connectivity index (χ0n) is 13.0. The number of thioether (sulfide) groups is 1. The molecule has 0 aliphatic heterocycles. The number of nitrogens with one attached hydrogen (secondary N) is 1. The first-order valence-electron chi connectivity index (χ1n) is 7.84. The van der Waals surface area contributed by atoms with E-state index in [4.69, 9.17) is 5.73 Å². The molecule has 2 unspecified atom stereocenters. The van der Waals surface area contributed by atoms with Crippen LogP contribution in [0.3, 0.4) is 0 Å². The van der Waals surface area contributed by atoms with Gasteiger partial charge in [-0.15, -0.1) is 11.8 Å². The van der Waals surface area contributed by atoms with Gasteiger partial charge < -0.3 is 11.1 Å². The molecule has 116 valence electrons. The summed E-state index contributed by atoms with van der Waals surface area (Å²) in [4.78, 5) is 12.1. The van der Waals surface area contributed by atoms with Gasteiger partial charge in [0.25, 0.3) is 0 Å². The maximum absolute atomic E-state index is 11.0. The third-order valence-electron chi connectivity index (χ3n) is 4.27. The molecule has 0 heterocycles. The standard InChI is InChI=1S/C17H26N2OS/c1-12(2)13-7-3-4-8-14(13)19-15-9-5-6-10-16(15)21-11-17(18)20/h5-6,9-10,12-14,19H,3-4,7-8,11H2,1-2H3,(H2,18,20). The Morgan fingerprint density at radius 3 is 2.76 bits per heavy atom. The van der Waals surface area contributed by atoms with Gasteiger partial charge >= 0.3 is 0 Å². The van der Waals surface area contributed by atoms with E-state index in [0.717, 1.165) is 16.5 Å². The number of hydrogen-bond acceptors (Lipinski definition) is 3. The largest absolute Gasteiger partial charge is 0.381 e. The van der Waals surface area contributed by atoms with E-state index in [1.807, 2.05) is 12.1 Å². The van der Waals surface area contributed by atoms with Gasteiger partial charge in [-0.3, -0.25) is 4.79 Å². The van der Waals surface area contributed by atoms with Crippen LogP contribution in [0.25, 0.3) is 0 Å². The summed E-state index contributed by atoms with van der Waals surface area (Å²) in [6.45, 7) is 4.64. The van der Waals surface area contributed by atoms with E-state index in [-0.39, 0.29) is 5.91 Å². The van der Waals surface area contributed by atoms with Crippen LogP contribution in [0.5, 0.6) is 0 Å². The minimum Gasteiger partial charge on any atom is -0.381 e. The van der Waals surface area contributed by atoms with Crippen LogP contribution in [0.1, 0.15) is 39.5 Å². The van der Waals surface area contributed by atoms with Crippen molar-refractivity contribution in [3.8, 4) is 0 Å². The number of para-hydroxylation sites is 1. The molecular formula is C17H26N2OS. The smallest absolute Gasteiger partial charge is 0.227 e. The molecule has 1 aliphatic carbocycles. The number of primary amides is 1. The van der Waals surface area contributed by atoms with Crippen LogP contribution in [0.2, 0.25) is 0 Å². The molecular weight excluding hydrogens is 280 g/mol. The minimum atomic E-state index is -0.271. The summed E-state index contributed by atoms with van der Waals surface area (Å²) < 4.78 is 0. The number of hydrogen-bond donors (Lipinski definition) is 2. The number of rotatable bonds is 6. The highest BCUT2D eigenvalue weighted by molar-refractivity contribution is 8.00. The molecule has 1 fully saturated rings. The van der Waals surface area contributed by atoms with Crippen LogP contribution in [0.15, 0.2) is 29.2 Å². The first-order chi connectivity index (χ1) is 10.1. The highest BCUT2D eigenvalue weighted by Crippen LogP contribution is 2.34. The Morgan fingerprint density at radius 2 is 2.05 bits per heavy atom. The van der Waals surface area contributed by atoms with Crippen molar-refractivity contribution in [3.05, 3.63) is 24.3 Å². The molecule has 1 aromatic carbocycles. The monoisotopic (exact) mass is 306 g/mol. The lowest BCUT2D eigenvalue weighted by Crippen LogP contribution is -2.35. The van der Waals surface area contributed by atoms with Crippen LogP contribution in [0, 0.1) is 11.8 Å². The number of amides is 1. The van der Waals surface area contributed by atoms with Crippen molar-refractivity contribution < 1.29 is 4.79 Å². The predicted octanol–water partition coefficient (Wildman–Crippen LogP) is 3.89. The lowest BCUT2D eigenvalue weighted by Gasteiger charge is -2.36. The number of anilines is 1. The summed E-state index contributed by atoms with van der Waals surface area (Å²) in [5.41, 5.74) is 6.40. The first-order valence-corrected chi connectivity index (χ1v) is 8.83. The van der Waals surface area contributed by atoms with Crippen molar-refractivity contribution in [2.24, 2.45) is 17.6 Å². The Morgan fingerprint density at radius 1 is 1.33 bits per heavy atom. The summed E-state index contributed by atoms with van der Waals surface area (Å²) >= 11 is 1.52. The van der Waals surface area contributed by atoms with Crippen molar-refractivity contribution in [2.75, 3.05) is 11.1 Å². The van der Waals surface area contributed by atoms with E-state index in [9.17, 15) is 4.79 Å². The lowest BCUT2D eigenvalue weighted by atomic mass is 9.78. The number of nitrogens with two attached hydrogens (primary N) is 1. The van der Waals surface area contributed by atoms with Gasteiger partial charge in [-0.05, 0) is 36.8 Å². The minimum absolute atomic E-state index is 0.271. The molecule has 1 saturated carbocycles. The molecule has 2 rings (SSSR count). The molecule has 21 heavy (non-hydrogen) atoms. The van der Waals surface area contributed by atoms with Crippen LogP contribution in [0.4, 0.5) is 5.69 Å². The van der Waals surface area contributed by atoms with Crippen molar-refractivity contribution in [2.45, 2.75) is 50.5 Å². The molecule has 3 N–H and O–H groups in total. The maximum atomic E-state index is 11.0. The van der Waals surface area contributed by atoms with Gasteiger partial charge in [-0.25, -0.2) is 0 Å². The molecule has 4 heteroatoms.